The van der Waals surface area contributed by atoms with Crippen molar-refractivity contribution in [2.45, 2.75) is 12.7 Å². The second-order valence-corrected chi connectivity index (χ2v) is 5.78. The Labute approximate surface area is 137 Å². The summed E-state index contributed by atoms with van der Waals surface area (Å²) in [6.07, 6.45) is -1.70. The van der Waals surface area contributed by atoms with Crippen molar-refractivity contribution in [1.82, 2.24) is 14.7 Å². The maximum atomic E-state index is 12.5. The average Bonchev–Trinajstić information content (AvgIpc) is 3.02. The number of nitrogens with zero attached hydrogens (tertiary/aromatic N) is 2. The van der Waals surface area contributed by atoms with Crippen molar-refractivity contribution in [1.29, 1.82) is 0 Å². The van der Waals surface area contributed by atoms with E-state index in [0.29, 0.717) is 10.5 Å². The van der Waals surface area contributed by atoms with Crippen LogP contribution in [-0.2, 0) is 12.7 Å². The van der Waals surface area contributed by atoms with Crippen LogP contribution >= 0.6 is 11.3 Å². The number of nitrogens with one attached hydrogen (secondary N) is 1. The molecule has 0 aliphatic carbocycles. The van der Waals surface area contributed by atoms with Crippen LogP contribution in [0.3, 0.4) is 0 Å². The van der Waals surface area contributed by atoms with Gasteiger partial charge in [0.25, 0.3) is 11.5 Å². The van der Waals surface area contributed by atoms with Crippen LogP contribution in [0.15, 0.2) is 46.8 Å². The molecule has 9 heteroatoms. The van der Waals surface area contributed by atoms with Gasteiger partial charge < -0.3 is 5.32 Å². The zero-order valence-electron chi connectivity index (χ0n) is 12.0. The number of amides is 1. The van der Waals surface area contributed by atoms with Crippen molar-refractivity contribution in [3.05, 3.63) is 69.1 Å². The second-order valence-electron chi connectivity index (χ2n) is 4.91. The Kier molecular flexibility index (Phi) is 4.10. The van der Waals surface area contributed by atoms with E-state index >= 15 is 0 Å². The van der Waals surface area contributed by atoms with Crippen molar-refractivity contribution < 1.29 is 18.0 Å². The Balaban J connectivity index is 1.73. The largest absolute Gasteiger partial charge is 0.416 e. The molecule has 0 radical (unpaired) electrons. The Morgan fingerprint density at radius 1 is 1.25 bits per heavy atom. The van der Waals surface area contributed by atoms with Crippen molar-refractivity contribution in [3.8, 4) is 0 Å². The molecule has 0 aliphatic rings. The number of carbonyl (C=O) groups is 1. The number of hydrogen-bond acceptors (Lipinski definition) is 4. The van der Waals surface area contributed by atoms with Gasteiger partial charge in [0.05, 0.1) is 5.56 Å². The SMILES string of the molecule is O=C(NCc1ccc(C(F)(F)F)cc1)c1cnc2sccn2c1=O. The van der Waals surface area contributed by atoms with Gasteiger partial charge in [0.2, 0.25) is 0 Å². The topological polar surface area (TPSA) is 63.5 Å². The first kappa shape index (κ1) is 16.2. The van der Waals surface area contributed by atoms with Crippen LogP contribution in [0, 0.1) is 0 Å². The molecule has 0 spiro atoms. The summed E-state index contributed by atoms with van der Waals surface area (Å²) in [6.45, 7) is 0.00273. The summed E-state index contributed by atoms with van der Waals surface area (Å²) in [7, 11) is 0. The molecule has 3 aromatic rings. The highest BCUT2D eigenvalue weighted by Gasteiger charge is 2.29. The first-order valence-corrected chi connectivity index (χ1v) is 7.63. The van der Waals surface area contributed by atoms with E-state index in [1.165, 1.54) is 40.3 Å². The van der Waals surface area contributed by atoms with E-state index in [4.69, 9.17) is 0 Å². The number of thiazole rings is 1. The third-order valence-electron chi connectivity index (χ3n) is 3.32. The Morgan fingerprint density at radius 3 is 2.62 bits per heavy atom. The minimum absolute atomic E-state index is 0.00273. The predicted octanol–water partition coefficient (Wildman–Crippen LogP) is 2.70. The lowest BCUT2D eigenvalue weighted by atomic mass is 10.1. The van der Waals surface area contributed by atoms with Crippen LogP contribution in [0.5, 0.6) is 0 Å². The quantitative estimate of drug-likeness (QED) is 0.787. The van der Waals surface area contributed by atoms with Gasteiger partial charge in [-0.3, -0.25) is 14.0 Å². The molecule has 1 amide bonds. The number of aromatic nitrogens is 2. The molecule has 5 nitrogen and oxygen atoms in total. The highest BCUT2D eigenvalue weighted by atomic mass is 32.1. The molecule has 1 N–H and O–H groups in total. The summed E-state index contributed by atoms with van der Waals surface area (Å²) < 4.78 is 38.7. The summed E-state index contributed by atoms with van der Waals surface area (Å²) in [5.41, 5.74) is -0.895. The number of halogens is 3. The Morgan fingerprint density at radius 2 is 1.96 bits per heavy atom. The molecule has 3 rings (SSSR count). The minimum Gasteiger partial charge on any atom is -0.348 e. The summed E-state index contributed by atoms with van der Waals surface area (Å²) in [5, 5.41) is 4.18. The fraction of sp³-hybridized carbons (Fsp3) is 0.133. The molecule has 0 fully saturated rings. The van der Waals surface area contributed by atoms with Gasteiger partial charge in [-0.25, -0.2) is 4.98 Å². The molecule has 0 atom stereocenters. The predicted molar refractivity (Wildman–Crippen MR) is 82.0 cm³/mol. The standard InChI is InChI=1S/C15H10F3N3O2S/c16-15(17,18)10-3-1-9(2-4-10)7-19-12(22)11-8-20-14-21(13(11)23)5-6-24-14/h1-6,8H,7H2,(H,19,22). The number of fused-ring (bicyclic) bond motifs is 1. The van der Waals surface area contributed by atoms with Crippen LogP contribution < -0.4 is 10.9 Å². The summed E-state index contributed by atoms with van der Waals surface area (Å²) in [5.74, 6) is -0.631. The molecule has 0 saturated carbocycles. The van der Waals surface area contributed by atoms with E-state index in [2.05, 4.69) is 10.3 Å². The molecule has 0 bridgehead atoms. The van der Waals surface area contributed by atoms with Gasteiger partial charge in [0.1, 0.15) is 5.56 Å². The molecule has 2 aromatic heterocycles. The van der Waals surface area contributed by atoms with Crippen LogP contribution in [0.25, 0.3) is 4.96 Å². The minimum atomic E-state index is -4.40. The lowest BCUT2D eigenvalue weighted by Crippen LogP contribution is -2.30. The van der Waals surface area contributed by atoms with Crippen LogP contribution in [-0.4, -0.2) is 15.3 Å². The van der Waals surface area contributed by atoms with Crippen molar-refractivity contribution in [3.63, 3.8) is 0 Å². The van der Waals surface area contributed by atoms with Crippen LogP contribution in [0.2, 0.25) is 0 Å². The number of carbonyl (C=O) groups excluding carboxylic acids is 1. The average molecular weight is 353 g/mol. The van der Waals surface area contributed by atoms with E-state index < -0.39 is 23.2 Å². The molecular formula is C15H10F3N3O2S. The van der Waals surface area contributed by atoms with E-state index in [9.17, 15) is 22.8 Å². The number of benzene rings is 1. The van der Waals surface area contributed by atoms with E-state index in [-0.39, 0.29) is 12.1 Å². The van der Waals surface area contributed by atoms with E-state index in [1.807, 2.05) is 0 Å². The zero-order chi connectivity index (χ0) is 17.3. The lowest BCUT2D eigenvalue weighted by Gasteiger charge is -2.08. The maximum Gasteiger partial charge on any atom is 0.416 e. The zero-order valence-corrected chi connectivity index (χ0v) is 12.8. The van der Waals surface area contributed by atoms with Crippen LogP contribution in [0.4, 0.5) is 13.2 Å². The van der Waals surface area contributed by atoms with Crippen molar-refractivity contribution >= 4 is 22.2 Å². The molecule has 124 valence electrons. The monoisotopic (exact) mass is 353 g/mol. The van der Waals surface area contributed by atoms with Gasteiger partial charge in [-0.2, -0.15) is 13.2 Å². The molecule has 0 unspecified atom stereocenters. The molecular weight excluding hydrogens is 343 g/mol. The van der Waals surface area contributed by atoms with Gasteiger partial charge in [0, 0.05) is 24.3 Å². The molecule has 24 heavy (non-hydrogen) atoms. The van der Waals surface area contributed by atoms with Crippen LogP contribution in [0.1, 0.15) is 21.5 Å². The molecule has 1 aromatic carbocycles. The van der Waals surface area contributed by atoms with Gasteiger partial charge in [-0.15, -0.1) is 11.3 Å². The number of rotatable bonds is 3. The summed E-state index contributed by atoms with van der Waals surface area (Å²) in [4.78, 5) is 28.7. The van der Waals surface area contributed by atoms with E-state index in [0.717, 1.165) is 12.1 Å². The smallest absolute Gasteiger partial charge is 0.348 e. The highest BCUT2D eigenvalue weighted by Crippen LogP contribution is 2.29. The summed E-state index contributed by atoms with van der Waals surface area (Å²) >= 11 is 1.26. The van der Waals surface area contributed by atoms with Crippen molar-refractivity contribution in [2.75, 3.05) is 0 Å². The Hall–Kier alpha value is -2.68. The summed E-state index contributed by atoms with van der Waals surface area (Å²) in [6, 6.07) is 4.43. The molecule has 2 heterocycles. The van der Waals surface area contributed by atoms with Gasteiger partial charge in [-0.05, 0) is 17.7 Å². The molecule has 0 saturated heterocycles. The molecule has 0 aliphatic heterocycles. The number of hydrogen-bond donors (Lipinski definition) is 1. The first-order chi connectivity index (χ1) is 11.4. The lowest BCUT2D eigenvalue weighted by molar-refractivity contribution is -0.137. The number of alkyl halides is 3. The third-order valence-corrected chi connectivity index (χ3v) is 4.09. The normalized spacial score (nSPS) is 11.6. The third kappa shape index (κ3) is 3.16. The van der Waals surface area contributed by atoms with Gasteiger partial charge >= 0.3 is 6.18 Å². The maximum absolute atomic E-state index is 12.5. The van der Waals surface area contributed by atoms with Gasteiger partial charge in [-0.1, -0.05) is 12.1 Å². The fourth-order valence-corrected chi connectivity index (χ4v) is 2.74. The second kappa shape index (κ2) is 6.08. The highest BCUT2D eigenvalue weighted by molar-refractivity contribution is 7.15. The first-order valence-electron chi connectivity index (χ1n) is 6.75. The van der Waals surface area contributed by atoms with Crippen molar-refractivity contribution in [2.24, 2.45) is 0 Å². The van der Waals surface area contributed by atoms with Gasteiger partial charge in [0.15, 0.2) is 4.96 Å². The fourth-order valence-electron chi connectivity index (χ4n) is 2.07. The van der Waals surface area contributed by atoms with E-state index in [1.54, 1.807) is 5.38 Å². The Bertz CT molecular complexity index is 945.